The van der Waals surface area contributed by atoms with Gasteiger partial charge in [0.05, 0.1) is 11.6 Å². The lowest BCUT2D eigenvalue weighted by Crippen LogP contribution is -2.47. The predicted octanol–water partition coefficient (Wildman–Crippen LogP) is 2.53. The summed E-state index contributed by atoms with van der Waals surface area (Å²) in [7, 11) is 0. The minimum Gasteiger partial charge on any atom is -0.464 e. The van der Waals surface area contributed by atoms with Crippen molar-refractivity contribution >= 4 is 28.3 Å². The molecule has 7 heteroatoms. The van der Waals surface area contributed by atoms with E-state index < -0.39 is 24.1 Å². The third-order valence-electron chi connectivity index (χ3n) is 3.04. The van der Waals surface area contributed by atoms with Gasteiger partial charge in [-0.15, -0.1) is 11.3 Å². The molecule has 0 spiro atoms. The smallest absolute Gasteiger partial charge is 0.331 e. The number of nitrogens with one attached hydrogen (secondary N) is 2. The van der Waals surface area contributed by atoms with E-state index in [1.807, 2.05) is 5.38 Å². The summed E-state index contributed by atoms with van der Waals surface area (Å²) < 4.78 is 4.94. The number of carbonyl (C=O) groups excluding carboxylic acids is 2. The van der Waals surface area contributed by atoms with Gasteiger partial charge in [-0.05, 0) is 30.0 Å². The van der Waals surface area contributed by atoms with Crippen LogP contribution in [0.3, 0.4) is 0 Å². The Hall–Kier alpha value is -2.38. The van der Waals surface area contributed by atoms with E-state index in [4.69, 9.17) is 4.74 Å². The van der Waals surface area contributed by atoms with E-state index in [1.165, 1.54) is 11.3 Å². The third-order valence-corrected chi connectivity index (χ3v) is 3.83. The van der Waals surface area contributed by atoms with Gasteiger partial charge in [0.1, 0.15) is 6.10 Å². The van der Waals surface area contributed by atoms with E-state index in [2.05, 4.69) is 10.6 Å². The number of hydrogen-bond donors (Lipinski definition) is 3. The fourth-order valence-corrected chi connectivity index (χ4v) is 2.59. The molecule has 0 saturated carbocycles. The van der Waals surface area contributed by atoms with E-state index in [0.717, 1.165) is 0 Å². The van der Waals surface area contributed by atoms with Crippen LogP contribution in [0.2, 0.25) is 0 Å². The van der Waals surface area contributed by atoms with Crippen molar-refractivity contribution in [2.45, 2.75) is 19.1 Å². The van der Waals surface area contributed by atoms with E-state index >= 15 is 0 Å². The van der Waals surface area contributed by atoms with Gasteiger partial charge in [-0.25, -0.2) is 9.59 Å². The molecule has 122 valence electrons. The monoisotopic (exact) mass is 334 g/mol. The summed E-state index contributed by atoms with van der Waals surface area (Å²) >= 11 is 1.35. The minimum absolute atomic E-state index is 0.158. The number of benzene rings is 1. The molecule has 2 unspecified atom stereocenters. The Morgan fingerprint density at radius 2 is 1.96 bits per heavy atom. The van der Waals surface area contributed by atoms with Crippen LogP contribution in [0.25, 0.3) is 0 Å². The van der Waals surface area contributed by atoms with E-state index in [-0.39, 0.29) is 6.61 Å². The molecule has 1 heterocycles. The Kier molecular flexibility index (Phi) is 6.13. The first kappa shape index (κ1) is 17.0. The van der Waals surface area contributed by atoms with Crippen molar-refractivity contribution < 1.29 is 19.4 Å². The fourth-order valence-electron chi connectivity index (χ4n) is 1.98. The summed E-state index contributed by atoms with van der Waals surface area (Å²) in [5, 5.41) is 17.9. The van der Waals surface area contributed by atoms with Crippen LogP contribution in [0.1, 0.15) is 18.6 Å². The summed E-state index contributed by atoms with van der Waals surface area (Å²) in [6, 6.07) is 10.4. The molecular formula is C16H18N2O4S. The molecule has 1 aromatic carbocycles. The highest BCUT2D eigenvalue weighted by atomic mass is 32.1. The first-order valence-corrected chi connectivity index (χ1v) is 8.00. The molecule has 2 atom stereocenters. The van der Waals surface area contributed by atoms with Gasteiger partial charge in [-0.3, -0.25) is 5.32 Å². The molecule has 0 bridgehead atoms. The van der Waals surface area contributed by atoms with Crippen LogP contribution in [-0.2, 0) is 9.53 Å². The normalized spacial score (nSPS) is 13.0. The molecule has 2 aromatic rings. The van der Waals surface area contributed by atoms with Crippen molar-refractivity contribution in [3.63, 3.8) is 0 Å². The molecule has 0 aliphatic carbocycles. The summed E-state index contributed by atoms with van der Waals surface area (Å²) in [6.07, 6.45) is -1.20. The van der Waals surface area contributed by atoms with E-state index in [9.17, 15) is 14.7 Å². The largest absolute Gasteiger partial charge is 0.464 e. The van der Waals surface area contributed by atoms with Crippen molar-refractivity contribution in [2.24, 2.45) is 0 Å². The van der Waals surface area contributed by atoms with Gasteiger partial charge in [-0.1, -0.05) is 30.3 Å². The first-order valence-electron chi connectivity index (χ1n) is 7.12. The number of carbonyl (C=O) groups is 2. The second-order valence-corrected chi connectivity index (χ2v) is 5.61. The van der Waals surface area contributed by atoms with E-state index in [0.29, 0.717) is 10.6 Å². The molecule has 2 amide bonds. The fraction of sp³-hybridized carbons (Fsp3) is 0.250. The molecule has 6 nitrogen and oxygen atoms in total. The zero-order valence-corrected chi connectivity index (χ0v) is 13.4. The van der Waals surface area contributed by atoms with Crippen LogP contribution < -0.4 is 10.6 Å². The van der Waals surface area contributed by atoms with Gasteiger partial charge in [0.25, 0.3) is 0 Å². The molecule has 3 N–H and O–H groups in total. The van der Waals surface area contributed by atoms with Gasteiger partial charge in [0, 0.05) is 0 Å². The molecule has 0 aliphatic rings. The second-order valence-electron chi connectivity index (χ2n) is 4.66. The average molecular weight is 334 g/mol. The molecule has 0 saturated heterocycles. The van der Waals surface area contributed by atoms with Crippen molar-refractivity contribution in [1.29, 1.82) is 0 Å². The average Bonchev–Trinajstić information content (AvgIpc) is 3.06. The molecule has 23 heavy (non-hydrogen) atoms. The Balaban J connectivity index is 2.10. The van der Waals surface area contributed by atoms with Gasteiger partial charge in [0.2, 0.25) is 0 Å². The zero-order chi connectivity index (χ0) is 16.7. The van der Waals surface area contributed by atoms with Gasteiger partial charge < -0.3 is 15.2 Å². The standard InChI is InChI=1S/C16H18N2O4S/c1-2-22-15(20)13(14(19)11-7-4-3-5-8-11)18-16(21)17-12-9-6-10-23-12/h3-10,13-14,19H,2H2,1H3,(H2,17,18,21). The first-order chi connectivity index (χ1) is 11.1. The maximum absolute atomic E-state index is 12.1. The number of amides is 2. The van der Waals surface area contributed by atoms with Gasteiger partial charge >= 0.3 is 12.0 Å². The summed E-state index contributed by atoms with van der Waals surface area (Å²) in [6.45, 7) is 1.82. The number of hydrogen-bond acceptors (Lipinski definition) is 5. The molecule has 0 fully saturated rings. The van der Waals surface area contributed by atoms with Crippen LogP contribution in [0.4, 0.5) is 9.80 Å². The van der Waals surface area contributed by atoms with Crippen LogP contribution in [0.15, 0.2) is 47.8 Å². The maximum atomic E-state index is 12.1. The third kappa shape index (κ3) is 4.80. The minimum atomic E-state index is -1.20. The Morgan fingerprint density at radius 1 is 1.22 bits per heavy atom. The highest BCUT2D eigenvalue weighted by Gasteiger charge is 2.31. The highest BCUT2D eigenvalue weighted by Crippen LogP contribution is 2.19. The van der Waals surface area contributed by atoms with Crippen molar-refractivity contribution in [2.75, 3.05) is 11.9 Å². The highest BCUT2D eigenvalue weighted by molar-refractivity contribution is 7.14. The Morgan fingerprint density at radius 3 is 2.57 bits per heavy atom. The number of urea groups is 1. The lowest BCUT2D eigenvalue weighted by molar-refractivity contribution is -0.148. The van der Waals surface area contributed by atoms with Gasteiger partial charge in [-0.2, -0.15) is 0 Å². The quantitative estimate of drug-likeness (QED) is 0.709. The summed E-state index contributed by atoms with van der Waals surface area (Å²) in [5.41, 5.74) is 0.516. The van der Waals surface area contributed by atoms with E-state index in [1.54, 1.807) is 49.4 Å². The van der Waals surface area contributed by atoms with Crippen molar-refractivity contribution in [3.8, 4) is 0 Å². The Bertz CT molecular complexity index is 631. The summed E-state index contributed by atoms with van der Waals surface area (Å²) in [4.78, 5) is 24.1. The number of anilines is 1. The van der Waals surface area contributed by atoms with Crippen LogP contribution in [0.5, 0.6) is 0 Å². The molecule has 1 aromatic heterocycles. The topological polar surface area (TPSA) is 87.7 Å². The van der Waals surface area contributed by atoms with Crippen LogP contribution in [0, 0.1) is 0 Å². The number of aliphatic hydroxyl groups is 1. The van der Waals surface area contributed by atoms with Crippen LogP contribution in [-0.4, -0.2) is 29.8 Å². The maximum Gasteiger partial charge on any atom is 0.331 e. The molecule has 0 aliphatic heterocycles. The summed E-state index contributed by atoms with van der Waals surface area (Å²) in [5.74, 6) is -0.690. The SMILES string of the molecule is CCOC(=O)C(NC(=O)Nc1cccs1)C(O)c1ccccc1. The molecule has 0 radical (unpaired) electrons. The van der Waals surface area contributed by atoms with Gasteiger partial charge in [0.15, 0.2) is 6.04 Å². The Labute approximate surface area is 138 Å². The zero-order valence-electron chi connectivity index (χ0n) is 12.6. The molecular weight excluding hydrogens is 316 g/mol. The van der Waals surface area contributed by atoms with Crippen molar-refractivity contribution in [1.82, 2.24) is 5.32 Å². The number of ether oxygens (including phenoxy) is 1. The second kappa shape index (κ2) is 8.30. The van der Waals surface area contributed by atoms with Crippen LogP contribution >= 0.6 is 11.3 Å². The number of rotatable bonds is 6. The number of esters is 1. The number of aliphatic hydroxyl groups excluding tert-OH is 1. The number of thiophene rings is 1. The lowest BCUT2D eigenvalue weighted by atomic mass is 10.0. The van der Waals surface area contributed by atoms with Crippen molar-refractivity contribution in [3.05, 3.63) is 53.4 Å². The predicted molar refractivity (Wildman–Crippen MR) is 88.3 cm³/mol. The lowest BCUT2D eigenvalue weighted by Gasteiger charge is -2.22. The molecule has 2 rings (SSSR count).